The van der Waals surface area contributed by atoms with Crippen LogP contribution in [0.5, 0.6) is 11.5 Å². The van der Waals surface area contributed by atoms with Crippen molar-refractivity contribution in [3.8, 4) is 11.5 Å². The minimum Gasteiger partial charge on any atom is -0.493 e. The maximum Gasteiger partial charge on any atom is 0.250 e. The SMILES string of the molecule is COc1cc(/C=N/NC(=O)CSc2ncccn2)cc(Br)c1OCc1ccccc1. The van der Waals surface area contributed by atoms with E-state index in [1.807, 2.05) is 36.4 Å². The third-order valence-corrected chi connectivity index (χ3v) is 5.22. The van der Waals surface area contributed by atoms with Crippen LogP contribution in [-0.4, -0.2) is 35.0 Å². The number of hydrogen-bond acceptors (Lipinski definition) is 7. The molecule has 3 aromatic rings. The number of carbonyl (C=O) groups excluding carboxylic acids is 1. The van der Waals surface area contributed by atoms with Crippen molar-refractivity contribution < 1.29 is 14.3 Å². The third-order valence-electron chi connectivity index (χ3n) is 3.76. The zero-order chi connectivity index (χ0) is 21.2. The number of hydrogen-bond donors (Lipinski definition) is 1. The van der Waals surface area contributed by atoms with E-state index in [9.17, 15) is 4.79 Å². The zero-order valence-electron chi connectivity index (χ0n) is 16.1. The Bertz CT molecular complexity index is 1000. The summed E-state index contributed by atoms with van der Waals surface area (Å²) >= 11 is 4.75. The van der Waals surface area contributed by atoms with Gasteiger partial charge < -0.3 is 9.47 Å². The third kappa shape index (κ3) is 6.57. The lowest BCUT2D eigenvalue weighted by Gasteiger charge is -2.13. The van der Waals surface area contributed by atoms with Gasteiger partial charge in [0.15, 0.2) is 16.7 Å². The molecule has 1 amide bonds. The highest BCUT2D eigenvalue weighted by Crippen LogP contribution is 2.36. The number of methoxy groups -OCH3 is 1. The average molecular weight is 487 g/mol. The van der Waals surface area contributed by atoms with Gasteiger partial charge in [-0.25, -0.2) is 15.4 Å². The monoisotopic (exact) mass is 486 g/mol. The molecule has 0 aliphatic carbocycles. The van der Waals surface area contributed by atoms with E-state index in [4.69, 9.17) is 9.47 Å². The number of amides is 1. The standard InChI is InChI=1S/C21H19BrN4O3S/c1-28-18-11-16(10-17(22)20(18)29-13-15-6-3-2-4-7-15)12-25-26-19(27)14-30-21-23-8-5-9-24-21/h2-12H,13-14H2,1H3,(H,26,27)/b25-12+. The van der Waals surface area contributed by atoms with E-state index in [-0.39, 0.29) is 11.7 Å². The minimum atomic E-state index is -0.252. The molecule has 30 heavy (non-hydrogen) atoms. The van der Waals surface area contributed by atoms with Crippen LogP contribution in [0.4, 0.5) is 0 Å². The molecule has 0 unspecified atom stereocenters. The molecule has 0 atom stereocenters. The molecule has 0 radical (unpaired) electrons. The second-order valence-electron chi connectivity index (χ2n) is 5.92. The molecule has 7 nitrogen and oxygen atoms in total. The van der Waals surface area contributed by atoms with E-state index in [2.05, 4.69) is 36.4 Å². The molecule has 0 fully saturated rings. The largest absolute Gasteiger partial charge is 0.493 e. The van der Waals surface area contributed by atoms with Gasteiger partial charge in [-0.2, -0.15) is 5.10 Å². The summed E-state index contributed by atoms with van der Waals surface area (Å²) in [4.78, 5) is 20.0. The summed E-state index contributed by atoms with van der Waals surface area (Å²) in [6, 6.07) is 15.2. The van der Waals surface area contributed by atoms with Crippen molar-refractivity contribution in [2.75, 3.05) is 12.9 Å². The summed E-state index contributed by atoms with van der Waals surface area (Å²) in [7, 11) is 1.57. The van der Waals surface area contributed by atoms with Gasteiger partial charge in [0.2, 0.25) is 0 Å². The highest BCUT2D eigenvalue weighted by Gasteiger charge is 2.12. The van der Waals surface area contributed by atoms with Crippen LogP contribution in [0.15, 0.2) is 75.7 Å². The fourth-order valence-electron chi connectivity index (χ4n) is 2.39. The maximum atomic E-state index is 11.9. The number of thioether (sulfide) groups is 1. The number of nitrogens with one attached hydrogen (secondary N) is 1. The van der Waals surface area contributed by atoms with Gasteiger partial charge in [-0.1, -0.05) is 42.1 Å². The van der Waals surface area contributed by atoms with E-state index in [0.717, 1.165) is 15.6 Å². The first kappa shape index (κ1) is 21.8. The van der Waals surface area contributed by atoms with Crippen molar-refractivity contribution in [2.45, 2.75) is 11.8 Å². The average Bonchev–Trinajstić information content (AvgIpc) is 2.78. The van der Waals surface area contributed by atoms with Crippen LogP contribution in [-0.2, 0) is 11.4 Å². The van der Waals surface area contributed by atoms with Crippen LogP contribution in [0, 0.1) is 0 Å². The van der Waals surface area contributed by atoms with Crippen LogP contribution in [0.3, 0.4) is 0 Å². The summed E-state index contributed by atoms with van der Waals surface area (Å²) in [5.41, 5.74) is 4.28. The number of nitrogens with zero attached hydrogens (tertiary/aromatic N) is 3. The van der Waals surface area contributed by atoms with Crippen molar-refractivity contribution >= 4 is 39.8 Å². The van der Waals surface area contributed by atoms with Crippen molar-refractivity contribution in [3.63, 3.8) is 0 Å². The molecule has 1 heterocycles. The molecule has 1 aromatic heterocycles. The van der Waals surface area contributed by atoms with Crippen molar-refractivity contribution in [3.05, 3.63) is 76.5 Å². The predicted molar refractivity (Wildman–Crippen MR) is 120 cm³/mol. The van der Waals surface area contributed by atoms with Gasteiger partial charge in [0.05, 0.1) is 23.5 Å². The molecular formula is C21H19BrN4O3S. The lowest BCUT2D eigenvalue weighted by Crippen LogP contribution is -2.19. The van der Waals surface area contributed by atoms with E-state index in [1.54, 1.807) is 31.6 Å². The molecule has 154 valence electrons. The van der Waals surface area contributed by atoms with Gasteiger partial charge in [0.25, 0.3) is 5.91 Å². The van der Waals surface area contributed by atoms with Gasteiger partial charge in [0.1, 0.15) is 6.61 Å². The first-order chi connectivity index (χ1) is 14.7. The number of ether oxygens (including phenoxy) is 2. The van der Waals surface area contributed by atoms with Gasteiger partial charge in [-0.05, 0) is 45.3 Å². The quantitative estimate of drug-likeness (QED) is 0.212. The van der Waals surface area contributed by atoms with Crippen molar-refractivity contribution in [1.29, 1.82) is 0 Å². The Labute approximate surface area is 187 Å². The Kier molecular flexibility index (Phi) is 8.22. The van der Waals surface area contributed by atoms with Gasteiger partial charge in [-0.3, -0.25) is 4.79 Å². The smallest absolute Gasteiger partial charge is 0.250 e. The molecule has 0 saturated heterocycles. The molecule has 1 N–H and O–H groups in total. The van der Waals surface area contributed by atoms with Crippen LogP contribution in [0.25, 0.3) is 0 Å². The first-order valence-electron chi connectivity index (χ1n) is 8.91. The molecule has 9 heteroatoms. The number of rotatable bonds is 9. The predicted octanol–water partition coefficient (Wildman–Crippen LogP) is 4.07. The van der Waals surface area contributed by atoms with Crippen LogP contribution in [0.1, 0.15) is 11.1 Å². The summed E-state index contributed by atoms with van der Waals surface area (Å²) in [5.74, 6) is 1.07. The number of carbonyl (C=O) groups is 1. The fourth-order valence-corrected chi connectivity index (χ4v) is 3.55. The van der Waals surface area contributed by atoms with Gasteiger partial charge in [-0.15, -0.1) is 0 Å². The lowest BCUT2D eigenvalue weighted by molar-refractivity contribution is -0.118. The zero-order valence-corrected chi connectivity index (χ0v) is 18.5. The highest BCUT2D eigenvalue weighted by atomic mass is 79.9. The van der Waals surface area contributed by atoms with Crippen LogP contribution >= 0.6 is 27.7 Å². The second kappa shape index (κ2) is 11.3. The van der Waals surface area contributed by atoms with E-state index >= 15 is 0 Å². The molecule has 2 aromatic carbocycles. The number of hydrazone groups is 1. The fraction of sp³-hybridized carbons (Fsp3) is 0.143. The van der Waals surface area contributed by atoms with Gasteiger partial charge in [0, 0.05) is 12.4 Å². The maximum absolute atomic E-state index is 11.9. The topological polar surface area (TPSA) is 85.7 Å². The highest BCUT2D eigenvalue weighted by molar-refractivity contribution is 9.10. The Morgan fingerprint density at radius 2 is 1.97 bits per heavy atom. The van der Waals surface area contributed by atoms with Crippen molar-refractivity contribution in [2.24, 2.45) is 5.10 Å². The Morgan fingerprint density at radius 3 is 2.70 bits per heavy atom. The molecular weight excluding hydrogens is 468 g/mol. The summed E-state index contributed by atoms with van der Waals surface area (Å²) in [6.07, 6.45) is 4.80. The Morgan fingerprint density at radius 1 is 1.20 bits per heavy atom. The molecule has 0 aliphatic rings. The summed E-state index contributed by atoms with van der Waals surface area (Å²) in [6.45, 7) is 0.419. The lowest BCUT2D eigenvalue weighted by atomic mass is 10.2. The van der Waals surface area contributed by atoms with Gasteiger partial charge >= 0.3 is 0 Å². The van der Waals surface area contributed by atoms with E-state index in [1.165, 1.54) is 18.0 Å². The van der Waals surface area contributed by atoms with E-state index < -0.39 is 0 Å². The molecule has 0 saturated carbocycles. The second-order valence-corrected chi connectivity index (χ2v) is 7.72. The Balaban J connectivity index is 1.57. The van der Waals surface area contributed by atoms with Crippen LogP contribution < -0.4 is 14.9 Å². The molecule has 0 aliphatic heterocycles. The number of halogens is 1. The summed E-state index contributed by atoms with van der Waals surface area (Å²) in [5, 5.41) is 4.54. The molecule has 0 spiro atoms. The molecule has 0 bridgehead atoms. The van der Waals surface area contributed by atoms with Crippen molar-refractivity contribution in [1.82, 2.24) is 15.4 Å². The number of aromatic nitrogens is 2. The number of benzene rings is 2. The van der Waals surface area contributed by atoms with Crippen LogP contribution in [0.2, 0.25) is 0 Å². The molecule has 3 rings (SSSR count). The minimum absolute atomic E-state index is 0.167. The normalized spacial score (nSPS) is 10.7. The van der Waals surface area contributed by atoms with E-state index in [0.29, 0.717) is 23.3 Å². The first-order valence-corrected chi connectivity index (χ1v) is 10.7. The summed E-state index contributed by atoms with van der Waals surface area (Å²) < 4.78 is 12.1. The Hall–Kier alpha value is -2.91.